The Hall–Kier alpha value is -2.64. The van der Waals surface area contributed by atoms with E-state index >= 15 is 0 Å². The first-order valence-electron chi connectivity index (χ1n) is 10.2. The highest BCUT2D eigenvalue weighted by atomic mass is 79.9. The minimum absolute atomic E-state index is 0.105. The third-order valence-corrected chi connectivity index (χ3v) is 5.64. The molecule has 0 aromatic heterocycles. The van der Waals surface area contributed by atoms with E-state index in [2.05, 4.69) is 15.9 Å². The zero-order chi connectivity index (χ0) is 22.5. The lowest BCUT2D eigenvalue weighted by atomic mass is 9.95. The maximum Gasteiger partial charge on any atom is 0.295 e. The highest BCUT2D eigenvalue weighted by molar-refractivity contribution is 9.10. The van der Waals surface area contributed by atoms with E-state index in [9.17, 15) is 14.7 Å². The molecule has 2 aromatic rings. The zero-order valence-electron chi connectivity index (χ0n) is 18.0. The topological polar surface area (TPSA) is 70.1 Å². The maximum atomic E-state index is 13.0. The van der Waals surface area contributed by atoms with Gasteiger partial charge in [0, 0.05) is 23.1 Å². The van der Waals surface area contributed by atoms with Crippen LogP contribution in [0.3, 0.4) is 0 Å². The van der Waals surface area contributed by atoms with Crippen LogP contribution in [-0.4, -0.2) is 60.4 Å². The number of amides is 1. The van der Waals surface area contributed by atoms with E-state index in [4.69, 9.17) is 4.74 Å². The number of likely N-dealkylation sites (N-methyl/N-ethyl adjacent to an activating group) is 1. The second kappa shape index (κ2) is 10.1. The van der Waals surface area contributed by atoms with Crippen molar-refractivity contribution in [2.24, 2.45) is 0 Å². The Morgan fingerprint density at radius 1 is 1.10 bits per heavy atom. The van der Waals surface area contributed by atoms with E-state index in [0.29, 0.717) is 25.3 Å². The number of carbonyl (C=O) groups is 2. The first kappa shape index (κ1) is 23.0. The van der Waals surface area contributed by atoms with Gasteiger partial charge in [0.2, 0.25) is 0 Å². The predicted octanol–water partition coefficient (Wildman–Crippen LogP) is 4.22. The van der Waals surface area contributed by atoms with Crippen molar-refractivity contribution in [2.45, 2.75) is 19.4 Å². The van der Waals surface area contributed by atoms with Crippen molar-refractivity contribution in [1.29, 1.82) is 0 Å². The largest absolute Gasteiger partial charge is 0.507 e. The molecule has 31 heavy (non-hydrogen) atoms. The van der Waals surface area contributed by atoms with Crippen molar-refractivity contribution in [3.63, 3.8) is 0 Å². The van der Waals surface area contributed by atoms with E-state index in [-0.39, 0.29) is 11.3 Å². The quantitative estimate of drug-likeness (QED) is 0.343. The molecule has 1 N–H and O–H groups in total. The number of rotatable bonds is 8. The van der Waals surface area contributed by atoms with Crippen LogP contribution in [0.1, 0.15) is 30.5 Å². The fraction of sp³-hybridized carbons (Fsp3) is 0.333. The minimum atomic E-state index is -0.671. The summed E-state index contributed by atoms with van der Waals surface area (Å²) in [6, 6.07) is 13.7. The Balaban J connectivity index is 2.06. The van der Waals surface area contributed by atoms with Gasteiger partial charge in [0.15, 0.2) is 0 Å². The number of halogens is 1. The molecule has 1 atom stereocenters. The Morgan fingerprint density at radius 2 is 1.74 bits per heavy atom. The molecular formula is C24H27BrN2O4. The van der Waals surface area contributed by atoms with Gasteiger partial charge in [-0.25, -0.2) is 0 Å². The van der Waals surface area contributed by atoms with Crippen LogP contribution in [0.5, 0.6) is 5.75 Å². The third-order valence-electron chi connectivity index (χ3n) is 5.11. The average molecular weight is 487 g/mol. The summed E-state index contributed by atoms with van der Waals surface area (Å²) in [5, 5.41) is 11.0. The molecule has 6 nitrogen and oxygen atoms in total. The van der Waals surface area contributed by atoms with E-state index in [0.717, 1.165) is 22.2 Å². The smallest absolute Gasteiger partial charge is 0.295 e. The normalized spacial score (nSPS) is 18.1. The van der Waals surface area contributed by atoms with Crippen LogP contribution in [0.4, 0.5) is 0 Å². The summed E-state index contributed by atoms with van der Waals surface area (Å²) in [6.07, 6.45) is 0.902. The van der Waals surface area contributed by atoms with Crippen molar-refractivity contribution in [3.05, 3.63) is 69.7 Å². The molecule has 1 amide bonds. The first-order chi connectivity index (χ1) is 14.8. The monoisotopic (exact) mass is 486 g/mol. The number of hydrogen-bond donors (Lipinski definition) is 1. The summed E-state index contributed by atoms with van der Waals surface area (Å²) in [4.78, 5) is 29.4. The number of nitrogens with zero attached hydrogens (tertiary/aromatic N) is 2. The lowest BCUT2D eigenvalue weighted by Crippen LogP contribution is -2.35. The molecule has 0 spiro atoms. The Kier molecular flexibility index (Phi) is 7.51. The SMILES string of the molecule is CCCOc1ccc(C2/C(=C(\O)c3ccc(Br)cc3)C(=O)C(=O)N2CCN(C)C)cc1. The number of aliphatic hydroxyl groups is 1. The fourth-order valence-corrected chi connectivity index (χ4v) is 3.76. The molecule has 1 fully saturated rings. The number of hydrogen-bond acceptors (Lipinski definition) is 5. The highest BCUT2D eigenvalue weighted by Gasteiger charge is 2.45. The highest BCUT2D eigenvalue weighted by Crippen LogP contribution is 2.39. The molecule has 1 saturated heterocycles. The maximum absolute atomic E-state index is 13.0. The summed E-state index contributed by atoms with van der Waals surface area (Å²) in [5.74, 6) is -0.717. The number of carbonyl (C=O) groups excluding carboxylic acids is 2. The third kappa shape index (κ3) is 5.17. The van der Waals surface area contributed by atoms with Crippen LogP contribution < -0.4 is 4.74 Å². The van der Waals surface area contributed by atoms with Gasteiger partial charge in [0.05, 0.1) is 18.2 Å². The van der Waals surface area contributed by atoms with E-state index in [1.807, 2.05) is 50.2 Å². The molecule has 1 aliphatic heterocycles. The zero-order valence-corrected chi connectivity index (χ0v) is 19.6. The Morgan fingerprint density at radius 3 is 2.32 bits per heavy atom. The molecule has 3 rings (SSSR count). The summed E-state index contributed by atoms with van der Waals surface area (Å²) < 4.78 is 6.51. The predicted molar refractivity (Wildman–Crippen MR) is 124 cm³/mol. The van der Waals surface area contributed by atoms with Gasteiger partial charge >= 0.3 is 0 Å². The van der Waals surface area contributed by atoms with Crippen molar-refractivity contribution in [2.75, 3.05) is 33.8 Å². The molecule has 0 aliphatic carbocycles. The fourth-order valence-electron chi connectivity index (χ4n) is 3.49. The molecule has 0 saturated carbocycles. The lowest BCUT2D eigenvalue weighted by Gasteiger charge is -2.26. The molecule has 1 heterocycles. The number of likely N-dealkylation sites (tertiary alicyclic amines) is 1. The van der Waals surface area contributed by atoms with Crippen molar-refractivity contribution < 1.29 is 19.4 Å². The Bertz CT molecular complexity index is 968. The van der Waals surface area contributed by atoms with E-state index in [1.54, 1.807) is 24.3 Å². The van der Waals surface area contributed by atoms with Crippen molar-refractivity contribution in [3.8, 4) is 5.75 Å². The van der Waals surface area contributed by atoms with Gasteiger partial charge in [0.25, 0.3) is 11.7 Å². The standard InChI is InChI=1S/C24H27BrN2O4/c1-4-15-31-19-11-7-16(8-12-19)21-20(22(28)17-5-9-18(25)10-6-17)23(29)24(30)27(21)14-13-26(2)3/h5-12,21,28H,4,13-15H2,1-3H3/b22-20+. The summed E-state index contributed by atoms with van der Waals surface area (Å²) in [5.41, 5.74) is 1.34. The summed E-state index contributed by atoms with van der Waals surface area (Å²) in [7, 11) is 3.82. The molecule has 1 unspecified atom stereocenters. The van der Waals surface area contributed by atoms with Crippen LogP contribution in [-0.2, 0) is 9.59 Å². The second-order valence-corrected chi connectivity index (χ2v) is 8.64. The van der Waals surface area contributed by atoms with E-state index < -0.39 is 17.7 Å². The summed E-state index contributed by atoms with van der Waals surface area (Å²) >= 11 is 3.37. The van der Waals surface area contributed by atoms with Crippen LogP contribution in [0, 0.1) is 0 Å². The van der Waals surface area contributed by atoms with Gasteiger partial charge in [-0.05, 0) is 50.3 Å². The van der Waals surface area contributed by atoms with Crippen molar-refractivity contribution in [1.82, 2.24) is 9.80 Å². The van der Waals surface area contributed by atoms with Gasteiger partial charge < -0.3 is 19.6 Å². The molecule has 0 radical (unpaired) electrons. The number of ether oxygens (including phenoxy) is 1. The number of benzene rings is 2. The van der Waals surface area contributed by atoms with Gasteiger partial charge in [-0.1, -0.05) is 47.1 Å². The van der Waals surface area contributed by atoms with Crippen molar-refractivity contribution >= 4 is 33.4 Å². The molecule has 0 bridgehead atoms. The Labute approximate surface area is 191 Å². The van der Waals surface area contributed by atoms with Gasteiger partial charge in [-0.15, -0.1) is 0 Å². The average Bonchev–Trinajstić information content (AvgIpc) is 3.01. The number of Topliss-reactive ketones (excluding diaryl/α,β-unsaturated/α-hetero) is 1. The number of ketones is 1. The van der Waals surface area contributed by atoms with Crippen LogP contribution in [0.2, 0.25) is 0 Å². The number of aliphatic hydroxyl groups excluding tert-OH is 1. The first-order valence-corrected chi connectivity index (χ1v) is 11.0. The molecule has 2 aromatic carbocycles. The van der Waals surface area contributed by atoms with Gasteiger partial charge in [-0.3, -0.25) is 9.59 Å². The van der Waals surface area contributed by atoms with Gasteiger partial charge in [-0.2, -0.15) is 0 Å². The van der Waals surface area contributed by atoms with Crippen LogP contribution >= 0.6 is 15.9 Å². The summed E-state index contributed by atoms with van der Waals surface area (Å²) in [6.45, 7) is 3.62. The van der Waals surface area contributed by atoms with Crippen LogP contribution in [0.15, 0.2) is 58.6 Å². The lowest BCUT2D eigenvalue weighted by molar-refractivity contribution is -0.140. The molecule has 7 heteroatoms. The van der Waals surface area contributed by atoms with Crippen LogP contribution in [0.25, 0.3) is 5.76 Å². The molecule has 1 aliphatic rings. The van der Waals surface area contributed by atoms with E-state index in [1.165, 1.54) is 4.90 Å². The molecular weight excluding hydrogens is 460 g/mol. The molecule has 164 valence electrons. The van der Waals surface area contributed by atoms with Gasteiger partial charge in [0.1, 0.15) is 11.5 Å². The second-order valence-electron chi connectivity index (χ2n) is 7.72. The minimum Gasteiger partial charge on any atom is -0.507 e.